The Morgan fingerprint density at radius 1 is 1.62 bits per heavy atom. The van der Waals surface area contributed by atoms with Gasteiger partial charge in [0.05, 0.1) is 4.47 Å². The van der Waals surface area contributed by atoms with Gasteiger partial charge in [-0.2, -0.15) is 0 Å². The molecule has 0 saturated heterocycles. The average Bonchev–Trinajstić information content (AvgIpc) is 2.74. The number of carbonyl (C=O) groups is 1. The van der Waals surface area contributed by atoms with Gasteiger partial charge in [-0.05, 0) is 46.8 Å². The zero-order valence-corrected chi connectivity index (χ0v) is 10.4. The normalized spacial score (nSPS) is 18.7. The van der Waals surface area contributed by atoms with E-state index in [0.29, 0.717) is 18.2 Å². The minimum Gasteiger partial charge on any atom is -0.310 e. The van der Waals surface area contributed by atoms with Gasteiger partial charge in [-0.15, -0.1) is 0 Å². The van der Waals surface area contributed by atoms with Gasteiger partial charge in [0.2, 0.25) is 5.91 Å². The predicted molar refractivity (Wildman–Crippen MR) is 67.0 cm³/mol. The standard InChI is InChI=1S/C12H13BrN2O/c13-10-6-3-7-14-12(10)15-11(16)8-9-4-1-2-5-9/h1,3-4,6-7,9H,2,5,8H2,(H,14,15,16). The first-order valence-electron chi connectivity index (χ1n) is 5.33. The summed E-state index contributed by atoms with van der Waals surface area (Å²) >= 11 is 3.35. The molecule has 0 fully saturated rings. The lowest BCUT2D eigenvalue weighted by Gasteiger charge is -2.08. The topological polar surface area (TPSA) is 42.0 Å². The number of hydrogen-bond donors (Lipinski definition) is 1. The molecule has 3 nitrogen and oxygen atoms in total. The summed E-state index contributed by atoms with van der Waals surface area (Å²) in [7, 11) is 0. The highest BCUT2D eigenvalue weighted by Gasteiger charge is 2.14. The molecule has 1 N–H and O–H groups in total. The maximum Gasteiger partial charge on any atom is 0.226 e. The lowest BCUT2D eigenvalue weighted by atomic mass is 10.1. The molecule has 16 heavy (non-hydrogen) atoms. The number of amides is 1. The van der Waals surface area contributed by atoms with E-state index < -0.39 is 0 Å². The van der Waals surface area contributed by atoms with Crippen LogP contribution in [0.4, 0.5) is 5.82 Å². The summed E-state index contributed by atoms with van der Waals surface area (Å²) in [6.45, 7) is 0. The third-order valence-corrected chi connectivity index (χ3v) is 3.22. The van der Waals surface area contributed by atoms with Crippen molar-refractivity contribution in [3.63, 3.8) is 0 Å². The number of nitrogens with zero attached hydrogens (tertiary/aromatic N) is 1. The summed E-state index contributed by atoms with van der Waals surface area (Å²) in [6, 6.07) is 3.68. The molecule has 0 spiro atoms. The minimum atomic E-state index is 0.0240. The van der Waals surface area contributed by atoms with Crippen molar-refractivity contribution in [1.82, 2.24) is 4.98 Å². The second-order valence-electron chi connectivity index (χ2n) is 3.85. The maximum atomic E-state index is 11.7. The molecule has 1 atom stereocenters. The van der Waals surface area contributed by atoms with Crippen LogP contribution >= 0.6 is 15.9 Å². The summed E-state index contributed by atoms with van der Waals surface area (Å²) < 4.78 is 0.810. The van der Waals surface area contributed by atoms with Gasteiger partial charge in [-0.3, -0.25) is 4.79 Å². The predicted octanol–water partition coefficient (Wildman–Crippen LogP) is 3.14. The van der Waals surface area contributed by atoms with E-state index in [1.54, 1.807) is 6.20 Å². The lowest BCUT2D eigenvalue weighted by molar-refractivity contribution is -0.116. The molecule has 2 rings (SSSR count). The highest BCUT2D eigenvalue weighted by Crippen LogP contribution is 2.22. The number of halogens is 1. The quantitative estimate of drug-likeness (QED) is 0.865. The summed E-state index contributed by atoms with van der Waals surface area (Å²) in [4.78, 5) is 15.8. The molecule has 1 heterocycles. The monoisotopic (exact) mass is 280 g/mol. The molecule has 84 valence electrons. The number of carbonyl (C=O) groups excluding carboxylic acids is 1. The first kappa shape index (κ1) is 11.3. The van der Waals surface area contributed by atoms with E-state index >= 15 is 0 Å². The molecule has 1 aliphatic carbocycles. The zero-order chi connectivity index (χ0) is 11.4. The Morgan fingerprint density at radius 3 is 3.19 bits per heavy atom. The fourth-order valence-corrected chi connectivity index (χ4v) is 2.12. The third kappa shape index (κ3) is 2.92. The molecule has 0 aromatic carbocycles. The van der Waals surface area contributed by atoms with Crippen LogP contribution < -0.4 is 5.32 Å². The minimum absolute atomic E-state index is 0.0240. The van der Waals surface area contributed by atoms with E-state index in [0.717, 1.165) is 17.3 Å². The fraction of sp³-hybridized carbons (Fsp3) is 0.333. The third-order valence-electron chi connectivity index (χ3n) is 2.58. The molecular weight excluding hydrogens is 268 g/mol. The van der Waals surface area contributed by atoms with Crippen LogP contribution in [0.2, 0.25) is 0 Å². The van der Waals surface area contributed by atoms with Crippen LogP contribution in [-0.2, 0) is 4.79 Å². The van der Waals surface area contributed by atoms with Gasteiger partial charge < -0.3 is 5.32 Å². The van der Waals surface area contributed by atoms with Gasteiger partial charge in [-0.1, -0.05) is 12.2 Å². The Bertz CT molecular complexity index is 417. The average molecular weight is 281 g/mol. The zero-order valence-electron chi connectivity index (χ0n) is 8.82. The molecule has 1 aromatic heterocycles. The largest absolute Gasteiger partial charge is 0.310 e. The Morgan fingerprint density at radius 2 is 2.50 bits per heavy atom. The molecular formula is C12H13BrN2O. The van der Waals surface area contributed by atoms with Crippen molar-refractivity contribution < 1.29 is 4.79 Å². The molecule has 0 bridgehead atoms. The van der Waals surface area contributed by atoms with E-state index in [9.17, 15) is 4.79 Å². The van der Waals surface area contributed by atoms with Crippen LogP contribution in [-0.4, -0.2) is 10.9 Å². The van der Waals surface area contributed by atoms with Crippen LogP contribution in [0.3, 0.4) is 0 Å². The van der Waals surface area contributed by atoms with Crippen molar-refractivity contribution in [2.45, 2.75) is 19.3 Å². The molecule has 0 radical (unpaired) electrons. The molecule has 1 unspecified atom stereocenters. The van der Waals surface area contributed by atoms with Gasteiger partial charge in [0.1, 0.15) is 5.82 Å². The molecule has 1 aromatic rings. The molecule has 0 aliphatic heterocycles. The number of allylic oxidation sites excluding steroid dienone is 2. The highest BCUT2D eigenvalue weighted by atomic mass is 79.9. The van der Waals surface area contributed by atoms with E-state index in [1.165, 1.54) is 0 Å². The smallest absolute Gasteiger partial charge is 0.226 e. The number of aromatic nitrogens is 1. The Balaban J connectivity index is 1.92. The van der Waals surface area contributed by atoms with Crippen LogP contribution in [0.25, 0.3) is 0 Å². The Hall–Kier alpha value is -1.16. The van der Waals surface area contributed by atoms with E-state index in [2.05, 4.69) is 38.4 Å². The van der Waals surface area contributed by atoms with Gasteiger partial charge in [0, 0.05) is 12.6 Å². The van der Waals surface area contributed by atoms with Crippen LogP contribution in [0.5, 0.6) is 0 Å². The summed E-state index contributed by atoms with van der Waals surface area (Å²) in [5.74, 6) is 1.01. The number of pyridine rings is 1. The van der Waals surface area contributed by atoms with Gasteiger partial charge >= 0.3 is 0 Å². The summed E-state index contributed by atoms with van der Waals surface area (Å²) in [5, 5.41) is 2.81. The SMILES string of the molecule is O=C(CC1C=CCC1)Nc1ncccc1Br. The summed E-state index contributed by atoms with van der Waals surface area (Å²) in [6.07, 6.45) is 8.62. The highest BCUT2D eigenvalue weighted by molar-refractivity contribution is 9.10. The lowest BCUT2D eigenvalue weighted by Crippen LogP contribution is -2.15. The van der Waals surface area contributed by atoms with Crippen LogP contribution in [0.15, 0.2) is 35.0 Å². The van der Waals surface area contributed by atoms with E-state index in [-0.39, 0.29) is 5.91 Å². The van der Waals surface area contributed by atoms with Crippen molar-refractivity contribution in [3.8, 4) is 0 Å². The molecule has 4 heteroatoms. The number of nitrogens with one attached hydrogen (secondary N) is 1. The van der Waals surface area contributed by atoms with Gasteiger partial charge in [0.15, 0.2) is 0 Å². The van der Waals surface area contributed by atoms with Crippen molar-refractivity contribution in [2.24, 2.45) is 5.92 Å². The van der Waals surface area contributed by atoms with E-state index in [1.807, 2.05) is 12.1 Å². The van der Waals surface area contributed by atoms with Crippen LogP contribution in [0.1, 0.15) is 19.3 Å². The Kier molecular flexibility index (Phi) is 3.72. The molecule has 1 amide bonds. The number of hydrogen-bond acceptors (Lipinski definition) is 2. The summed E-state index contributed by atoms with van der Waals surface area (Å²) in [5.41, 5.74) is 0. The second kappa shape index (κ2) is 5.25. The van der Waals surface area contributed by atoms with Crippen molar-refractivity contribution in [1.29, 1.82) is 0 Å². The first-order valence-corrected chi connectivity index (χ1v) is 6.12. The number of anilines is 1. The fourth-order valence-electron chi connectivity index (χ4n) is 1.76. The number of rotatable bonds is 3. The van der Waals surface area contributed by atoms with Gasteiger partial charge in [-0.25, -0.2) is 4.98 Å². The molecule has 1 aliphatic rings. The molecule has 0 saturated carbocycles. The van der Waals surface area contributed by atoms with Crippen molar-refractivity contribution in [3.05, 3.63) is 35.0 Å². The van der Waals surface area contributed by atoms with Crippen molar-refractivity contribution in [2.75, 3.05) is 5.32 Å². The maximum absolute atomic E-state index is 11.7. The van der Waals surface area contributed by atoms with Crippen molar-refractivity contribution >= 4 is 27.7 Å². The Labute approximate surface area is 103 Å². The van der Waals surface area contributed by atoms with E-state index in [4.69, 9.17) is 0 Å². The van der Waals surface area contributed by atoms with Gasteiger partial charge in [0.25, 0.3) is 0 Å². The van der Waals surface area contributed by atoms with Crippen LogP contribution in [0, 0.1) is 5.92 Å². The second-order valence-corrected chi connectivity index (χ2v) is 4.71. The first-order chi connectivity index (χ1) is 7.75.